The second-order valence-electron chi connectivity index (χ2n) is 21.2. The second-order valence-corrected chi connectivity index (χ2v) is 21.2. The Hall–Kier alpha value is -12.0. The Morgan fingerprint density at radius 3 is 0.336 bits per heavy atom. The number of allylic oxidation sites excluding steroid dienone is 4. The molecule has 0 amide bonds. The van der Waals surface area contributed by atoms with Crippen LogP contribution in [-0.4, -0.2) is 37.4 Å². The molecule has 0 saturated heterocycles. The van der Waals surface area contributed by atoms with E-state index in [4.69, 9.17) is 10.2 Å². The monoisotopic (exact) mass is 1890 g/mol. The third-order valence-electron chi connectivity index (χ3n) is 13.9. The van der Waals surface area contributed by atoms with Gasteiger partial charge in [0.1, 0.15) is 0 Å². The summed E-state index contributed by atoms with van der Waals surface area (Å²) in [6, 6.07) is 8.48. The van der Waals surface area contributed by atoms with E-state index in [0.29, 0.717) is 0 Å². The Morgan fingerprint density at radius 2 is 0.246 bits per heavy atom. The van der Waals surface area contributed by atoms with E-state index in [9.17, 15) is 215 Å². The maximum absolute atomic E-state index is 13.5. The number of hydrogen-bond donors (Lipinski definition) is 0. The summed E-state index contributed by atoms with van der Waals surface area (Å²) in [5.74, 6) is -123. The number of benzene rings is 9. The Labute approximate surface area is 668 Å². The summed E-state index contributed by atoms with van der Waals surface area (Å²) in [5.41, 5.74) is -14.6. The van der Waals surface area contributed by atoms with Crippen LogP contribution in [0.5, 0.6) is 0 Å². The molecule has 2 radical (unpaired) electrons. The normalized spacial score (nSPS) is 11.2. The number of ketones is 4. The Bertz CT molecular complexity index is 4870. The van der Waals surface area contributed by atoms with E-state index in [0.717, 1.165) is 14.2 Å². The van der Waals surface area contributed by atoms with Crippen LogP contribution in [0.4, 0.5) is 176 Å². The average molecular weight is 1890 g/mol. The number of carbonyl (C=O) groups is 4. The molecule has 0 bridgehead atoms. The van der Waals surface area contributed by atoms with Crippen LogP contribution in [-0.2, 0) is 34.1 Å². The summed E-state index contributed by atoms with van der Waals surface area (Å²) in [6.07, 6.45) is -2.35. The van der Waals surface area contributed by atoms with Gasteiger partial charge in [0.15, 0.2) is 209 Å². The fourth-order valence-electron chi connectivity index (χ4n) is 8.26. The maximum Gasteiger partial charge on any atom is 3.00 e. The molecular formula is C70H20F40Fe2O10. The van der Waals surface area contributed by atoms with Crippen LogP contribution in [0.1, 0.15) is 74.8 Å². The van der Waals surface area contributed by atoms with Gasteiger partial charge in [-0.1, -0.05) is 58.4 Å². The first-order valence-corrected chi connectivity index (χ1v) is 29.1. The summed E-state index contributed by atoms with van der Waals surface area (Å²) in [7, 11) is 1.50. The molecule has 0 unspecified atom stereocenters. The number of rotatable bonds is 12. The maximum atomic E-state index is 13.5. The van der Waals surface area contributed by atoms with Gasteiger partial charge in [-0.15, -0.1) is 0 Å². The van der Waals surface area contributed by atoms with Gasteiger partial charge in [0.2, 0.25) is 46.5 Å². The van der Waals surface area contributed by atoms with Crippen molar-refractivity contribution in [2.75, 3.05) is 14.2 Å². The summed E-state index contributed by atoms with van der Waals surface area (Å²) in [5, 5.41) is 63.0. The van der Waals surface area contributed by atoms with Crippen molar-refractivity contribution in [3.05, 3.63) is 337 Å². The second kappa shape index (κ2) is 44.0. The van der Waals surface area contributed by atoms with Crippen LogP contribution in [0.25, 0.3) is 23.0 Å². The van der Waals surface area contributed by atoms with E-state index < -0.39 is 348 Å². The number of aryl methyl sites for hydroxylation is 2. The predicted octanol–water partition coefficient (Wildman–Crippen LogP) is 14.9. The fraction of sp³-hybridized carbons (Fsp3) is 0.0571. The summed E-state index contributed by atoms with van der Waals surface area (Å²) in [6.45, 7) is 4.19. The molecule has 0 aromatic heterocycles. The number of hydrogen-bond acceptors (Lipinski definition) is 10. The van der Waals surface area contributed by atoms with Gasteiger partial charge in [-0.05, 0) is 38.2 Å². The van der Waals surface area contributed by atoms with E-state index >= 15 is 0 Å². The molecule has 9 rings (SSSR count). The van der Waals surface area contributed by atoms with Gasteiger partial charge >= 0.3 is 34.1 Å². The molecule has 52 heteroatoms. The molecule has 0 heterocycles. The largest absolute Gasteiger partial charge is 3.00 e. The SMILES string of the molecule is C[O-].C[O-].Cc1ccc(C)cc1.O=C(/C=C(\[O-])c1c(F)c(F)c(F)c(F)c1F)c1c(F)c(F)c(F)c(F)c1F.O=C(/C=C(\[O-])c1c(F)c(F)c(F)c(F)c1F)c1c(F)c(F)c(F)c(F)c1F.O=C(/C=C(\[O-])c1c(F)c(F)c(F)c(F)c1F)c1c(F)c(F)c(F)c(F)c1F.O=C(/C=C(\[O-])c1c(F)c(F)c(F)c(F)c1F)c1c(F)c(F)c(F)c(F)c1F.[Fe+3].[Fe+3]. The molecule has 0 atom stereocenters. The Kier molecular flexibility index (Phi) is 38.9. The predicted molar refractivity (Wildman–Crippen MR) is 307 cm³/mol. The minimum Gasteiger partial charge on any atom is -0.872 e. The van der Waals surface area contributed by atoms with Gasteiger partial charge in [-0.25, -0.2) is 176 Å². The van der Waals surface area contributed by atoms with Crippen LogP contribution < -0.4 is 30.6 Å². The molecular weight excluding hydrogens is 1870 g/mol. The van der Waals surface area contributed by atoms with Crippen molar-refractivity contribution in [1.82, 2.24) is 0 Å². The van der Waals surface area contributed by atoms with E-state index in [1.54, 1.807) is 0 Å². The van der Waals surface area contributed by atoms with Crippen molar-refractivity contribution in [2.45, 2.75) is 13.8 Å². The summed E-state index contributed by atoms with van der Waals surface area (Å²) < 4.78 is 527. The standard InChI is InChI=1S/4C15H2F10O2.C8H10.2CH3O.2Fe/c4*16-6-4(7(17)11(21)14(24)10(6)20)2(26)1-3(27)5-8(18)12(22)15(25)13(23)9(5)19;1-7-3-5-8(2)6-4-7;2*1-2;;/h4*1,26H;3-6H,1-2H3;2*1H3;;/q;;;;;2*-1;2*+3/p-4/b4*2-1-;;;;;. The molecule has 10 nitrogen and oxygen atoms in total. The van der Waals surface area contributed by atoms with Crippen LogP contribution >= 0.6 is 0 Å². The molecule has 0 saturated carbocycles. The summed E-state index contributed by atoms with van der Waals surface area (Å²) >= 11 is 0. The van der Waals surface area contributed by atoms with Gasteiger partial charge in [-0.2, -0.15) is 14.2 Å². The van der Waals surface area contributed by atoms with Gasteiger partial charge in [0.25, 0.3) is 0 Å². The number of halogens is 40. The third-order valence-corrected chi connectivity index (χ3v) is 13.9. The molecule has 0 fully saturated rings. The first-order valence-electron chi connectivity index (χ1n) is 29.1. The molecule has 9 aromatic carbocycles. The fourth-order valence-corrected chi connectivity index (χ4v) is 8.26. The van der Waals surface area contributed by atoms with Crippen molar-refractivity contribution in [2.24, 2.45) is 0 Å². The molecule has 0 spiro atoms. The van der Waals surface area contributed by atoms with Crippen LogP contribution in [0, 0.1) is 247 Å². The quantitative estimate of drug-likeness (QED) is 0.0215. The van der Waals surface area contributed by atoms with E-state index in [1.165, 1.54) is 11.1 Å². The van der Waals surface area contributed by atoms with Crippen molar-refractivity contribution < 1.29 is 260 Å². The van der Waals surface area contributed by atoms with Crippen molar-refractivity contribution in [3.63, 3.8) is 0 Å². The van der Waals surface area contributed by atoms with Gasteiger partial charge < -0.3 is 30.6 Å². The topological polar surface area (TPSA) is 207 Å². The first kappa shape index (κ1) is 108. The van der Waals surface area contributed by atoms with E-state index in [1.807, 2.05) is 0 Å². The van der Waals surface area contributed by atoms with Crippen LogP contribution in [0.2, 0.25) is 0 Å². The Morgan fingerprint density at radius 1 is 0.172 bits per heavy atom. The smallest absolute Gasteiger partial charge is 0.872 e. The summed E-state index contributed by atoms with van der Waals surface area (Å²) in [4.78, 5) is 46.5. The molecule has 9 aromatic rings. The van der Waals surface area contributed by atoms with E-state index in [2.05, 4.69) is 38.1 Å². The Balaban J connectivity index is 0.000000772. The van der Waals surface area contributed by atoms with Gasteiger partial charge in [0.05, 0.1) is 22.3 Å². The molecule has 0 aliphatic carbocycles. The van der Waals surface area contributed by atoms with Gasteiger partial charge in [0, 0.05) is 22.3 Å². The minimum atomic E-state index is -2.64. The zero-order valence-electron chi connectivity index (χ0n) is 57.5. The van der Waals surface area contributed by atoms with Crippen molar-refractivity contribution in [1.29, 1.82) is 0 Å². The average Bonchev–Trinajstić information content (AvgIpc) is 0.789. The minimum absolute atomic E-state index is 0. The first-order chi connectivity index (χ1) is 55.4. The zero-order chi connectivity index (χ0) is 93.1. The van der Waals surface area contributed by atoms with Gasteiger partial charge in [-0.3, -0.25) is 19.2 Å². The molecule has 0 aliphatic rings. The van der Waals surface area contributed by atoms with Crippen LogP contribution in [0.15, 0.2) is 48.6 Å². The molecule has 656 valence electrons. The third kappa shape index (κ3) is 21.8. The van der Waals surface area contributed by atoms with Crippen LogP contribution in [0.3, 0.4) is 0 Å². The number of carbonyl (C=O) groups excluding carboxylic acids is 4. The zero-order valence-corrected chi connectivity index (χ0v) is 59.7. The molecule has 122 heavy (non-hydrogen) atoms. The molecule has 0 N–H and O–H groups in total. The molecule has 0 aliphatic heterocycles. The van der Waals surface area contributed by atoms with Crippen molar-refractivity contribution in [3.8, 4) is 0 Å². The van der Waals surface area contributed by atoms with E-state index in [-0.39, 0.29) is 34.1 Å². The van der Waals surface area contributed by atoms with Crippen molar-refractivity contribution >= 4 is 46.2 Å².